The fourth-order valence-corrected chi connectivity index (χ4v) is 4.26. The molecule has 2 aliphatic rings. The van der Waals surface area contributed by atoms with Crippen molar-refractivity contribution in [3.63, 3.8) is 0 Å². The van der Waals surface area contributed by atoms with Crippen molar-refractivity contribution in [2.45, 2.75) is 37.5 Å². The first-order valence-electron chi connectivity index (χ1n) is 9.81. The standard InChI is InChI=1S/C23H27ClN2O2/c1-3-7-20(4-2)25-21(27)17-8-5-15-26(16-17)22(28)23(13-6-14-23)18-9-11-19(24)12-10-18/h3-4,7,9-12,17H,1-2,5-6,8,13-16H2,(H,25,27)/b20-7+. The van der Waals surface area contributed by atoms with Crippen molar-refractivity contribution >= 4 is 23.4 Å². The highest BCUT2D eigenvalue weighted by Crippen LogP contribution is 2.46. The summed E-state index contributed by atoms with van der Waals surface area (Å²) in [6.45, 7) is 8.51. The highest BCUT2D eigenvalue weighted by molar-refractivity contribution is 6.30. The Morgan fingerprint density at radius 3 is 2.46 bits per heavy atom. The lowest BCUT2D eigenvalue weighted by Crippen LogP contribution is -2.54. The van der Waals surface area contributed by atoms with E-state index >= 15 is 0 Å². The zero-order chi connectivity index (χ0) is 20.1. The number of hydrogen-bond donors (Lipinski definition) is 1. The topological polar surface area (TPSA) is 49.4 Å². The molecule has 1 unspecified atom stereocenters. The number of carbonyl (C=O) groups is 2. The zero-order valence-electron chi connectivity index (χ0n) is 16.1. The molecule has 1 aliphatic heterocycles. The Morgan fingerprint density at radius 2 is 1.89 bits per heavy atom. The summed E-state index contributed by atoms with van der Waals surface area (Å²) in [5, 5.41) is 3.55. The number of benzene rings is 1. The van der Waals surface area contributed by atoms with E-state index in [4.69, 9.17) is 11.6 Å². The molecule has 1 N–H and O–H groups in total. The van der Waals surface area contributed by atoms with E-state index in [0.29, 0.717) is 23.8 Å². The molecule has 0 aromatic heterocycles. The number of carbonyl (C=O) groups excluding carboxylic acids is 2. The lowest BCUT2D eigenvalue weighted by atomic mass is 9.63. The zero-order valence-corrected chi connectivity index (χ0v) is 16.9. The van der Waals surface area contributed by atoms with Gasteiger partial charge in [-0.05, 0) is 55.5 Å². The number of nitrogens with one attached hydrogen (secondary N) is 1. The number of piperidine rings is 1. The van der Waals surface area contributed by atoms with Crippen LogP contribution in [-0.4, -0.2) is 29.8 Å². The van der Waals surface area contributed by atoms with E-state index in [2.05, 4.69) is 18.5 Å². The van der Waals surface area contributed by atoms with Gasteiger partial charge in [-0.25, -0.2) is 0 Å². The van der Waals surface area contributed by atoms with Crippen LogP contribution >= 0.6 is 11.6 Å². The van der Waals surface area contributed by atoms with Gasteiger partial charge in [-0.1, -0.05) is 49.4 Å². The van der Waals surface area contributed by atoms with Crippen LogP contribution in [0.5, 0.6) is 0 Å². The number of nitrogens with zero attached hydrogens (tertiary/aromatic N) is 1. The Balaban J connectivity index is 1.72. The van der Waals surface area contributed by atoms with E-state index in [1.54, 1.807) is 18.2 Å². The van der Waals surface area contributed by atoms with Gasteiger partial charge in [0.15, 0.2) is 0 Å². The van der Waals surface area contributed by atoms with Crippen LogP contribution in [0.15, 0.2) is 61.3 Å². The smallest absolute Gasteiger partial charge is 0.233 e. The quantitative estimate of drug-likeness (QED) is 0.723. The number of likely N-dealkylation sites (tertiary alicyclic amines) is 1. The molecule has 1 aliphatic carbocycles. The fraction of sp³-hybridized carbons (Fsp3) is 0.391. The molecule has 148 valence electrons. The Morgan fingerprint density at radius 1 is 1.18 bits per heavy atom. The largest absolute Gasteiger partial charge is 0.341 e. The van der Waals surface area contributed by atoms with Gasteiger partial charge in [0.1, 0.15) is 0 Å². The molecule has 0 bridgehead atoms. The summed E-state index contributed by atoms with van der Waals surface area (Å²) < 4.78 is 0. The maximum Gasteiger partial charge on any atom is 0.233 e. The Kier molecular flexibility index (Phi) is 6.40. The van der Waals surface area contributed by atoms with Crippen molar-refractivity contribution in [1.82, 2.24) is 10.2 Å². The predicted molar refractivity (Wildman–Crippen MR) is 113 cm³/mol. The van der Waals surface area contributed by atoms with E-state index in [1.807, 2.05) is 29.2 Å². The third-order valence-electron chi connectivity index (χ3n) is 5.88. The van der Waals surface area contributed by atoms with Crippen molar-refractivity contribution in [3.8, 4) is 0 Å². The van der Waals surface area contributed by atoms with Crippen molar-refractivity contribution in [2.75, 3.05) is 13.1 Å². The maximum atomic E-state index is 13.5. The van der Waals surface area contributed by atoms with Gasteiger partial charge >= 0.3 is 0 Å². The summed E-state index contributed by atoms with van der Waals surface area (Å²) in [7, 11) is 0. The number of amides is 2. The summed E-state index contributed by atoms with van der Waals surface area (Å²) in [5.41, 5.74) is 1.19. The van der Waals surface area contributed by atoms with Crippen molar-refractivity contribution in [1.29, 1.82) is 0 Å². The van der Waals surface area contributed by atoms with E-state index < -0.39 is 5.41 Å². The second-order valence-corrected chi connectivity index (χ2v) is 8.02. The van der Waals surface area contributed by atoms with Gasteiger partial charge in [0.2, 0.25) is 11.8 Å². The number of allylic oxidation sites excluding steroid dienone is 3. The molecule has 1 aromatic carbocycles. The average Bonchev–Trinajstić information content (AvgIpc) is 2.68. The van der Waals surface area contributed by atoms with Gasteiger partial charge in [-0.2, -0.15) is 0 Å². The molecule has 4 nitrogen and oxygen atoms in total. The minimum atomic E-state index is -0.460. The third-order valence-corrected chi connectivity index (χ3v) is 6.13. The second-order valence-electron chi connectivity index (χ2n) is 7.58. The van der Waals surface area contributed by atoms with Crippen LogP contribution < -0.4 is 5.32 Å². The van der Waals surface area contributed by atoms with Crippen LogP contribution in [0.2, 0.25) is 5.02 Å². The third kappa shape index (κ3) is 4.07. The highest BCUT2D eigenvalue weighted by Gasteiger charge is 2.48. The molecule has 3 rings (SSSR count). The van der Waals surface area contributed by atoms with E-state index in [9.17, 15) is 9.59 Å². The Labute approximate surface area is 171 Å². The number of hydrogen-bond acceptors (Lipinski definition) is 2. The molecule has 1 heterocycles. The first-order valence-corrected chi connectivity index (χ1v) is 10.2. The van der Waals surface area contributed by atoms with Gasteiger partial charge < -0.3 is 10.2 Å². The van der Waals surface area contributed by atoms with Crippen LogP contribution in [0.3, 0.4) is 0 Å². The van der Waals surface area contributed by atoms with Gasteiger partial charge in [0.25, 0.3) is 0 Å². The van der Waals surface area contributed by atoms with Crippen LogP contribution in [0, 0.1) is 5.92 Å². The monoisotopic (exact) mass is 398 g/mol. The van der Waals surface area contributed by atoms with E-state index in [1.165, 1.54) is 0 Å². The molecule has 1 aromatic rings. The lowest BCUT2D eigenvalue weighted by Gasteiger charge is -2.45. The van der Waals surface area contributed by atoms with Gasteiger partial charge in [0.05, 0.1) is 11.3 Å². The molecule has 5 heteroatoms. The first kappa shape index (κ1) is 20.4. The Hall–Kier alpha value is -2.33. The number of halogens is 1. The number of rotatable bonds is 6. The Bertz CT molecular complexity index is 793. The predicted octanol–water partition coefficient (Wildman–Crippen LogP) is 4.37. The molecule has 1 atom stereocenters. The second kappa shape index (κ2) is 8.78. The molecular formula is C23H27ClN2O2. The average molecular weight is 399 g/mol. The van der Waals surface area contributed by atoms with E-state index in [-0.39, 0.29) is 17.7 Å². The SMILES string of the molecule is C=C/C=C(\C=C)NC(=O)C1CCCN(C(=O)C2(c3ccc(Cl)cc3)CCC2)C1. The molecule has 28 heavy (non-hydrogen) atoms. The van der Waals surface area contributed by atoms with Gasteiger partial charge in [0, 0.05) is 23.8 Å². The summed E-state index contributed by atoms with van der Waals surface area (Å²) in [6.07, 6.45) is 9.27. The summed E-state index contributed by atoms with van der Waals surface area (Å²) in [4.78, 5) is 28.0. The van der Waals surface area contributed by atoms with E-state index in [0.717, 1.165) is 37.7 Å². The molecule has 2 fully saturated rings. The molecule has 1 saturated carbocycles. The summed E-state index contributed by atoms with van der Waals surface area (Å²) >= 11 is 6.02. The summed E-state index contributed by atoms with van der Waals surface area (Å²) in [5.74, 6) is -0.142. The van der Waals surface area contributed by atoms with Gasteiger partial charge in [-0.3, -0.25) is 9.59 Å². The molecular weight excluding hydrogens is 372 g/mol. The molecule has 0 spiro atoms. The molecule has 2 amide bonds. The van der Waals surface area contributed by atoms with Crippen LogP contribution in [0.1, 0.15) is 37.7 Å². The lowest BCUT2D eigenvalue weighted by molar-refractivity contribution is -0.144. The first-order chi connectivity index (χ1) is 13.5. The van der Waals surface area contributed by atoms with Crippen molar-refractivity contribution in [3.05, 3.63) is 71.9 Å². The highest BCUT2D eigenvalue weighted by atomic mass is 35.5. The minimum Gasteiger partial charge on any atom is -0.341 e. The van der Waals surface area contributed by atoms with Gasteiger partial charge in [-0.15, -0.1) is 0 Å². The minimum absolute atomic E-state index is 0.0698. The maximum absolute atomic E-state index is 13.5. The van der Waals surface area contributed by atoms with Crippen molar-refractivity contribution < 1.29 is 9.59 Å². The fourth-order valence-electron chi connectivity index (χ4n) is 4.14. The summed E-state index contributed by atoms with van der Waals surface area (Å²) in [6, 6.07) is 7.62. The molecule has 1 saturated heterocycles. The van der Waals surface area contributed by atoms with Crippen LogP contribution in [0.4, 0.5) is 0 Å². The molecule has 0 radical (unpaired) electrons. The van der Waals surface area contributed by atoms with Crippen molar-refractivity contribution in [2.24, 2.45) is 5.92 Å². The normalized spacial score (nSPS) is 21.4. The van der Waals surface area contributed by atoms with Crippen LogP contribution in [-0.2, 0) is 15.0 Å². The van der Waals surface area contributed by atoms with Crippen LogP contribution in [0.25, 0.3) is 0 Å².